The topological polar surface area (TPSA) is 119 Å². The fourth-order valence-electron chi connectivity index (χ4n) is 4.88. The van der Waals surface area contributed by atoms with Crippen molar-refractivity contribution in [1.29, 1.82) is 0 Å². The van der Waals surface area contributed by atoms with Crippen molar-refractivity contribution in [1.82, 2.24) is 40.2 Å². The predicted molar refractivity (Wildman–Crippen MR) is 163 cm³/mol. The molecule has 0 spiro atoms. The summed E-state index contributed by atoms with van der Waals surface area (Å²) >= 11 is 0. The van der Waals surface area contributed by atoms with Crippen LogP contribution >= 0.6 is 0 Å². The van der Waals surface area contributed by atoms with Crippen molar-refractivity contribution in [2.24, 2.45) is 0 Å². The van der Waals surface area contributed by atoms with E-state index in [1.807, 2.05) is 76.2 Å². The van der Waals surface area contributed by atoms with E-state index in [4.69, 9.17) is 0 Å². The van der Waals surface area contributed by atoms with Gasteiger partial charge in [0.1, 0.15) is 13.1 Å². The molecule has 226 valence electrons. The number of likely N-dealkylation sites (N-methyl/N-ethyl adjacent to an activating group) is 2. The second-order valence-electron chi connectivity index (χ2n) is 10.0. The smallest absolute Gasteiger partial charge is 0.321 e. The van der Waals surface area contributed by atoms with Gasteiger partial charge < -0.3 is 19.6 Å². The van der Waals surface area contributed by atoms with Crippen LogP contribution in [-0.4, -0.2) is 104 Å². The molecule has 11 nitrogen and oxygen atoms in total. The lowest BCUT2D eigenvalue weighted by Crippen LogP contribution is -2.52. The van der Waals surface area contributed by atoms with Gasteiger partial charge in [-0.15, -0.1) is 10.2 Å². The number of tetrazole rings is 1. The van der Waals surface area contributed by atoms with Gasteiger partial charge in [-0.1, -0.05) is 61.9 Å². The first-order valence-electron chi connectivity index (χ1n) is 14.9. The lowest BCUT2D eigenvalue weighted by Gasteiger charge is -2.33. The fraction of sp³-hybridized carbons (Fsp3) is 0.484. The third-order valence-electron chi connectivity index (χ3n) is 7.36. The van der Waals surface area contributed by atoms with Crippen LogP contribution in [0.15, 0.2) is 48.5 Å². The van der Waals surface area contributed by atoms with E-state index in [1.54, 1.807) is 14.7 Å². The van der Waals surface area contributed by atoms with Gasteiger partial charge >= 0.3 is 6.03 Å². The largest absolute Gasteiger partial charge is 0.342 e. The zero-order valence-electron chi connectivity index (χ0n) is 25.5. The third-order valence-corrected chi connectivity index (χ3v) is 7.36. The Labute approximate surface area is 248 Å². The molecule has 0 fully saturated rings. The summed E-state index contributed by atoms with van der Waals surface area (Å²) in [5.41, 5.74) is 3.78. The quantitative estimate of drug-likeness (QED) is 0.288. The summed E-state index contributed by atoms with van der Waals surface area (Å²) in [6.45, 7) is 12.5. The van der Waals surface area contributed by atoms with Crippen LogP contribution in [0, 0.1) is 0 Å². The number of nitrogens with zero attached hydrogens (tertiary/aromatic N) is 7. The molecule has 0 radical (unpaired) electrons. The number of unbranched alkanes of at least 4 members (excludes halogenated alkanes) is 1. The number of carbonyl (C=O) groups is 3. The lowest BCUT2D eigenvalue weighted by atomic mass is 9.98. The highest BCUT2D eigenvalue weighted by Crippen LogP contribution is 2.30. The van der Waals surface area contributed by atoms with Crippen molar-refractivity contribution in [3.05, 3.63) is 54.1 Å². The van der Waals surface area contributed by atoms with Crippen molar-refractivity contribution in [2.75, 3.05) is 45.8 Å². The van der Waals surface area contributed by atoms with Crippen molar-refractivity contribution in [3.8, 4) is 22.5 Å². The van der Waals surface area contributed by atoms with E-state index in [-0.39, 0.29) is 30.9 Å². The first-order valence-corrected chi connectivity index (χ1v) is 14.9. The zero-order chi connectivity index (χ0) is 30.5. The van der Waals surface area contributed by atoms with Crippen LogP contribution in [0.4, 0.5) is 4.79 Å². The molecule has 0 aliphatic carbocycles. The number of rotatable bonds is 15. The molecular formula is C31H44N8O3. The van der Waals surface area contributed by atoms with Crippen LogP contribution in [-0.2, 0) is 16.1 Å². The molecule has 1 heterocycles. The average molecular weight is 577 g/mol. The van der Waals surface area contributed by atoms with E-state index >= 15 is 0 Å². The Kier molecular flexibility index (Phi) is 12.5. The van der Waals surface area contributed by atoms with Gasteiger partial charge in [-0.2, -0.15) is 5.21 Å². The number of hydrogen-bond acceptors (Lipinski definition) is 6. The number of carbonyl (C=O) groups excluding carboxylic acids is 3. The molecule has 0 saturated carbocycles. The molecule has 0 bridgehead atoms. The number of aromatic nitrogens is 4. The predicted octanol–water partition coefficient (Wildman–Crippen LogP) is 4.29. The molecule has 11 heteroatoms. The first kappa shape index (κ1) is 32.2. The average Bonchev–Trinajstić information content (AvgIpc) is 3.55. The van der Waals surface area contributed by atoms with E-state index in [9.17, 15) is 14.4 Å². The highest BCUT2D eigenvalue weighted by molar-refractivity contribution is 5.88. The Bertz CT molecular complexity index is 1250. The molecule has 0 atom stereocenters. The van der Waals surface area contributed by atoms with Gasteiger partial charge in [0.25, 0.3) is 0 Å². The number of nitrogens with one attached hydrogen (secondary N) is 1. The number of hydrogen-bond donors (Lipinski definition) is 1. The summed E-state index contributed by atoms with van der Waals surface area (Å²) in [5, 5.41) is 14.4. The molecule has 1 aromatic heterocycles. The molecule has 0 saturated heterocycles. The molecule has 3 rings (SSSR count). The molecule has 3 aromatic rings. The maximum atomic E-state index is 14.0. The van der Waals surface area contributed by atoms with Crippen LogP contribution in [0.25, 0.3) is 22.5 Å². The second-order valence-corrected chi connectivity index (χ2v) is 10.0. The monoisotopic (exact) mass is 576 g/mol. The maximum absolute atomic E-state index is 14.0. The van der Waals surface area contributed by atoms with Crippen LogP contribution < -0.4 is 0 Å². The first-order chi connectivity index (χ1) is 20.4. The Morgan fingerprint density at radius 3 is 1.79 bits per heavy atom. The molecule has 2 aromatic carbocycles. The number of amides is 4. The van der Waals surface area contributed by atoms with Gasteiger partial charge in [0.15, 0.2) is 0 Å². The summed E-state index contributed by atoms with van der Waals surface area (Å²) < 4.78 is 0. The third kappa shape index (κ3) is 8.37. The molecule has 0 aliphatic rings. The molecule has 0 unspecified atom stereocenters. The summed E-state index contributed by atoms with van der Waals surface area (Å²) in [4.78, 5) is 46.6. The Morgan fingerprint density at radius 1 is 0.714 bits per heavy atom. The number of urea groups is 1. The molecule has 42 heavy (non-hydrogen) atoms. The van der Waals surface area contributed by atoms with Crippen LogP contribution in [0.2, 0.25) is 0 Å². The maximum Gasteiger partial charge on any atom is 0.321 e. The van der Waals surface area contributed by atoms with Gasteiger partial charge in [-0.25, -0.2) is 4.79 Å². The van der Waals surface area contributed by atoms with Crippen LogP contribution in [0.1, 0.15) is 53.0 Å². The van der Waals surface area contributed by atoms with Crippen molar-refractivity contribution < 1.29 is 14.4 Å². The highest BCUT2D eigenvalue weighted by Gasteiger charge is 2.28. The molecule has 4 amide bonds. The van der Waals surface area contributed by atoms with E-state index < -0.39 is 0 Å². The van der Waals surface area contributed by atoms with Gasteiger partial charge in [-0.05, 0) is 56.0 Å². The minimum Gasteiger partial charge on any atom is -0.342 e. The Hall–Kier alpha value is -4.28. The van der Waals surface area contributed by atoms with E-state index in [2.05, 4.69) is 27.5 Å². The van der Waals surface area contributed by atoms with Gasteiger partial charge in [0.2, 0.25) is 17.6 Å². The SMILES string of the molecule is CCCCN(Cc1ccc(-c2ccccc2-c2nn[nH]n2)cc1)C(=O)N(CC(=O)N(CC)CC)CC(=O)N(CC)CC. The van der Waals surface area contributed by atoms with Crippen molar-refractivity contribution >= 4 is 17.8 Å². The van der Waals surface area contributed by atoms with Gasteiger partial charge in [0, 0.05) is 44.8 Å². The highest BCUT2D eigenvalue weighted by atomic mass is 16.2. The second kappa shape index (κ2) is 16.2. The fourth-order valence-corrected chi connectivity index (χ4v) is 4.88. The van der Waals surface area contributed by atoms with Gasteiger partial charge in [-0.3, -0.25) is 9.59 Å². The van der Waals surface area contributed by atoms with Gasteiger partial charge in [0.05, 0.1) is 0 Å². The normalized spacial score (nSPS) is 10.8. The summed E-state index contributed by atoms with van der Waals surface area (Å²) in [5.74, 6) is 0.186. The Balaban J connectivity index is 1.85. The molecular weight excluding hydrogens is 532 g/mol. The van der Waals surface area contributed by atoms with E-state index in [0.29, 0.717) is 45.1 Å². The summed E-state index contributed by atoms with van der Waals surface area (Å²) in [7, 11) is 0. The van der Waals surface area contributed by atoms with Crippen LogP contribution in [0.3, 0.4) is 0 Å². The Morgan fingerprint density at radius 2 is 1.29 bits per heavy atom. The van der Waals surface area contributed by atoms with Crippen molar-refractivity contribution in [3.63, 3.8) is 0 Å². The lowest BCUT2D eigenvalue weighted by molar-refractivity contribution is -0.134. The van der Waals surface area contributed by atoms with Crippen molar-refractivity contribution in [2.45, 2.75) is 54.0 Å². The number of benzene rings is 2. The standard InChI is InChI=1S/C31H44N8O3/c1-6-11-20-38(31(42)39(22-28(40)36(7-2)8-3)23-29(41)37(9-4)10-5)21-24-16-18-25(19-17-24)26-14-12-13-15-27(26)30-32-34-35-33-30/h12-19H,6-11,20-23H2,1-5H3,(H,32,33,34,35). The molecule has 1 N–H and O–H groups in total. The van der Waals surface area contributed by atoms with Crippen LogP contribution in [0.5, 0.6) is 0 Å². The van der Waals surface area contributed by atoms with E-state index in [0.717, 1.165) is 35.1 Å². The number of aromatic amines is 1. The van der Waals surface area contributed by atoms with E-state index in [1.165, 1.54) is 4.90 Å². The summed E-state index contributed by atoms with van der Waals surface area (Å²) in [6, 6.07) is 15.6. The minimum absolute atomic E-state index is 0.137. The summed E-state index contributed by atoms with van der Waals surface area (Å²) in [6.07, 6.45) is 1.72. The molecule has 0 aliphatic heterocycles. The minimum atomic E-state index is -0.309. The number of H-pyrrole nitrogens is 1. The zero-order valence-corrected chi connectivity index (χ0v) is 25.5.